The second-order valence-corrected chi connectivity index (χ2v) is 4.89. The van der Waals surface area contributed by atoms with Crippen molar-refractivity contribution in [3.63, 3.8) is 0 Å². The SMILES string of the molecule is CCCNC(c1ccc(Cl)cn1)c1cc(F)ccc1F. The van der Waals surface area contributed by atoms with Crippen molar-refractivity contribution in [2.45, 2.75) is 19.4 Å². The topological polar surface area (TPSA) is 24.9 Å². The van der Waals surface area contributed by atoms with Crippen LogP contribution in [-0.4, -0.2) is 11.5 Å². The van der Waals surface area contributed by atoms with Crippen LogP contribution in [0.15, 0.2) is 36.5 Å². The lowest BCUT2D eigenvalue weighted by Gasteiger charge is -2.19. The molecule has 2 aromatic rings. The molecule has 1 heterocycles. The Labute approximate surface area is 121 Å². The van der Waals surface area contributed by atoms with Gasteiger partial charge in [-0.15, -0.1) is 0 Å². The summed E-state index contributed by atoms with van der Waals surface area (Å²) in [6.45, 7) is 2.67. The summed E-state index contributed by atoms with van der Waals surface area (Å²) in [4.78, 5) is 4.20. The van der Waals surface area contributed by atoms with Crippen molar-refractivity contribution in [2.75, 3.05) is 6.54 Å². The molecular weight excluding hydrogens is 282 g/mol. The van der Waals surface area contributed by atoms with Crippen LogP contribution < -0.4 is 5.32 Å². The minimum atomic E-state index is -0.497. The lowest BCUT2D eigenvalue weighted by Crippen LogP contribution is -2.25. The molecular formula is C15H15ClF2N2. The standard InChI is InChI=1S/C15H15ClF2N2/c1-2-7-19-15(14-6-3-10(16)9-20-14)12-8-11(17)4-5-13(12)18/h3-6,8-9,15,19H,2,7H2,1H3. The Hall–Kier alpha value is -1.52. The molecule has 2 nitrogen and oxygen atoms in total. The molecule has 0 aliphatic rings. The number of halogens is 3. The first-order valence-corrected chi connectivity index (χ1v) is 6.79. The quantitative estimate of drug-likeness (QED) is 0.898. The molecule has 0 aliphatic heterocycles. The summed E-state index contributed by atoms with van der Waals surface area (Å²) in [5, 5.41) is 3.68. The third-order valence-electron chi connectivity index (χ3n) is 2.91. The number of pyridine rings is 1. The van der Waals surface area contributed by atoms with Gasteiger partial charge < -0.3 is 5.32 Å². The van der Waals surface area contributed by atoms with Gasteiger partial charge in [0.25, 0.3) is 0 Å². The van der Waals surface area contributed by atoms with E-state index in [9.17, 15) is 8.78 Å². The molecule has 0 saturated heterocycles. The molecule has 0 fully saturated rings. The minimum absolute atomic E-state index is 0.244. The van der Waals surface area contributed by atoms with E-state index in [2.05, 4.69) is 10.3 Å². The van der Waals surface area contributed by atoms with Gasteiger partial charge in [0.1, 0.15) is 11.6 Å². The molecule has 1 unspecified atom stereocenters. The first-order chi connectivity index (χ1) is 9.61. The molecule has 0 spiro atoms. The maximum Gasteiger partial charge on any atom is 0.128 e. The second-order valence-electron chi connectivity index (χ2n) is 4.45. The normalized spacial score (nSPS) is 12.4. The molecule has 2 rings (SSSR count). The number of rotatable bonds is 5. The van der Waals surface area contributed by atoms with Gasteiger partial charge in [-0.25, -0.2) is 8.78 Å². The average Bonchev–Trinajstić information content (AvgIpc) is 2.44. The van der Waals surface area contributed by atoms with Crippen LogP contribution >= 0.6 is 11.6 Å². The molecule has 0 bridgehead atoms. The van der Waals surface area contributed by atoms with E-state index in [-0.39, 0.29) is 5.56 Å². The van der Waals surface area contributed by atoms with Gasteiger partial charge in [-0.1, -0.05) is 18.5 Å². The molecule has 106 valence electrons. The maximum absolute atomic E-state index is 14.0. The Morgan fingerprint density at radius 2 is 2.05 bits per heavy atom. The summed E-state index contributed by atoms with van der Waals surface area (Å²) in [6, 6.07) is 6.32. The van der Waals surface area contributed by atoms with Crippen molar-refractivity contribution >= 4 is 11.6 Å². The molecule has 1 aromatic carbocycles. The van der Waals surface area contributed by atoms with E-state index in [4.69, 9.17) is 11.6 Å². The highest BCUT2D eigenvalue weighted by Crippen LogP contribution is 2.24. The molecule has 0 saturated carbocycles. The third kappa shape index (κ3) is 3.52. The Morgan fingerprint density at radius 3 is 2.70 bits per heavy atom. The number of aromatic nitrogens is 1. The van der Waals surface area contributed by atoms with Crippen LogP contribution in [0.4, 0.5) is 8.78 Å². The van der Waals surface area contributed by atoms with Crippen molar-refractivity contribution in [3.8, 4) is 0 Å². The van der Waals surface area contributed by atoms with Gasteiger partial charge >= 0.3 is 0 Å². The fourth-order valence-electron chi connectivity index (χ4n) is 1.96. The maximum atomic E-state index is 14.0. The molecule has 1 N–H and O–H groups in total. The van der Waals surface area contributed by atoms with Crippen molar-refractivity contribution < 1.29 is 8.78 Å². The number of hydrogen-bond donors (Lipinski definition) is 1. The van der Waals surface area contributed by atoms with E-state index in [1.807, 2.05) is 6.92 Å². The Balaban J connectivity index is 2.41. The predicted molar refractivity (Wildman–Crippen MR) is 75.7 cm³/mol. The monoisotopic (exact) mass is 296 g/mol. The number of hydrogen-bond acceptors (Lipinski definition) is 2. The zero-order valence-electron chi connectivity index (χ0n) is 11.0. The van der Waals surface area contributed by atoms with E-state index in [1.54, 1.807) is 12.1 Å². The Kier molecular flexibility index (Phi) is 5.04. The average molecular weight is 297 g/mol. The minimum Gasteiger partial charge on any atom is -0.305 e. The molecule has 0 radical (unpaired) electrons. The van der Waals surface area contributed by atoms with Gasteiger partial charge in [-0.2, -0.15) is 0 Å². The zero-order chi connectivity index (χ0) is 14.5. The summed E-state index contributed by atoms with van der Waals surface area (Å²) in [5.74, 6) is -0.935. The van der Waals surface area contributed by atoms with Crippen LogP contribution in [0.2, 0.25) is 5.02 Å². The van der Waals surface area contributed by atoms with Gasteiger partial charge in [-0.05, 0) is 43.3 Å². The molecule has 1 aromatic heterocycles. The summed E-state index contributed by atoms with van der Waals surface area (Å²) < 4.78 is 27.3. The van der Waals surface area contributed by atoms with Crippen molar-refractivity contribution in [1.82, 2.24) is 10.3 Å². The largest absolute Gasteiger partial charge is 0.305 e. The highest BCUT2D eigenvalue weighted by molar-refractivity contribution is 6.30. The van der Waals surface area contributed by atoms with Crippen molar-refractivity contribution in [2.24, 2.45) is 0 Å². The smallest absolute Gasteiger partial charge is 0.128 e. The fraction of sp³-hybridized carbons (Fsp3) is 0.267. The van der Waals surface area contributed by atoms with Crippen LogP contribution in [-0.2, 0) is 0 Å². The number of benzene rings is 1. The van der Waals surface area contributed by atoms with E-state index < -0.39 is 17.7 Å². The number of nitrogens with zero attached hydrogens (tertiary/aromatic N) is 1. The van der Waals surface area contributed by atoms with E-state index in [0.717, 1.165) is 18.6 Å². The zero-order valence-corrected chi connectivity index (χ0v) is 11.8. The second kappa shape index (κ2) is 6.77. The van der Waals surface area contributed by atoms with Gasteiger partial charge in [0.2, 0.25) is 0 Å². The summed E-state index contributed by atoms with van der Waals surface area (Å²) >= 11 is 5.81. The lowest BCUT2D eigenvalue weighted by molar-refractivity contribution is 0.529. The predicted octanol–water partition coefficient (Wildman–Crippen LogP) is 4.10. The summed E-state index contributed by atoms with van der Waals surface area (Å²) in [7, 11) is 0. The highest BCUT2D eigenvalue weighted by Gasteiger charge is 2.19. The summed E-state index contributed by atoms with van der Waals surface area (Å²) in [6.07, 6.45) is 2.37. The van der Waals surface area contributed by atoms with E-state index in [1.165, 1.54) is 12.3 Å². The number of nitrogens with one attached hydrogen (secondary N) is 1. The fourth-order valence-corrected chi connectivity index (χ4v) is 2.07. The third-order valence-corrected chi connectivity index (χ3v) is 3.14. The van der Waals surface area contributed by atoms with E-state index in [0.29, 0.717) is 17.3 Å². The van der Waals surface area contributed by atoms with Crippen molar-refractivity contribution in [3.05, 3.63) is 64.4 Å². The van der Waals surface area contributed by atoms with Crippen LogP contribution in [0.5, 0.6) is 0 Å². The molecule has 1 atom stereocenters. The van der Waals surface area contributed by atoms with Crippen LogP contribution in [0.1, 0.15) is 30.6 Å². The lowest BCUT2D eigenvalue weighted by atomic mass is 10.0. The van der Waals surface area contributed by atoms with Gasteiger partial charge in [0, 0.05) is 11.8 Å². The van der Waals surface area contributed by atoms with Gasteiger partial charge in [0.15, 0.2) is 0 Å². The molecule has 20 heavy (non-hydrogen) atoms. The van der Waals surface area contributed by atoms with Gasteiger partial charge in [-0.3, -0.25) is 4.98 Å². The van der Waals surface area contributed by atoms with Crippen LogP contribution in [0, 0.1) is 11.6 Å². The summed E-state index contributed by atoms with van der Waals surface area (Å²) in [5.41, 5.74) is 0.848. The first kappa shape index (κ1) is 14.9. The molecule has 0 amide bonds. The van der Waals surface area contributed by atoms with Gasteiger partial charge in [0.05, 0.1) is 16.8 Å². The molecule has 5 heteroatoms. The Morgan fingerprint density at radius 1 is 1.25 bits per heavy atom. The van der Waals surface area contributed by atoms with Crippen LogP contribution in [0.25, 0.3) is 0 Å². The van der Waals surface area contributed by atoms with E-state index >= 15 is 0 Å². The van der Waals surface area contributed by atoms with Crippen molar-refractivity contribution in [1.29, 1.82) is 0 Å². The molecule has 0 aliphatic carbocycles. The highest BCUT2D eigenvalue weighted by atomic mass is 35.5. The first-order valence-electron chi connectivity index (χ1n) is 6.41. The Bertz CT molecular complexity index is 573. The van der Waals surface area contributed by atoms with Crippen LogP contribution in [0.3, 0.4) is 0 Å².